The topological polar surface area (TPSA) is 56.2 Å². The number of hydrogen-bond acceptors (Lipinski definition) is 4. The number of aromatic nitrogens is 2. The molecule has 0 amide bonds. The maximum atomic E-state index is 11.7. The van der Waals surface area contributed by atoms with E-state index in [-0.39, 0.29) is 11.9 Å². The van der Waals surface area contributed by atoms with Crippen LogP contribution in [0, 0.1) is 0 Å². The van der Waals surface area contributed by atoms with Crippen LogP contribution >= 0.6 is 0 Å². The summed E-state index contributed by atoms with van der Waals surface area (Å²) in [5, 5.41) is 7.39. The Hall–Kier alpha value is -1.20. The van der Waals surface area contributed by atoms with Gasteiger partial charge in [-0.1, -0.05) is 0 Å². The van der Waals surface area contributed by atoms with Crippen LogP contribution < -0.4 is 5.32 Å². The van der Waals surface area contributed by atoms with Crippen molar-refractivity contribution in [2.45, 2.75) is 18.9 Å². The molecule has 16 heavy (non-hydrogen) atoms. The maximum absolute atomic E-state index is 11.7. The number of ketones is 1. The number of nitrogens with zero attached hydrogens (tertiary/aromatic N) is 2. The summed E-state index contributed by atoms with van der Waals surface area (Å²) >= 11 is 0. The van der Waals surface area contributed by atoms with E-state index in [1.165, 1.54) is 0 Å². The number of rotatable bonds is 4. The third-order valence-electron chi connectivity index (χ3n) is 2.61. The van der Waals surface area contributed by atoms with E-state index >= 15 is 0 Å². The zero-order chi connectivity index (χ0) is 11.4. The minimum Gasteiger partial charge on any atom is -0.375 e. The third kappa shape index (κ3) is 3.15. The first-order chi connectivity index (χ1) is 7.74. The number of aryl methyl sites for hydroxylation is 1. The molecule has 1 aromatic rings. The minimum absolute atomic E-state index is 0.0324. The Balaban J connectivity index is 1.79. The first-order valence-corrected chi connectivity index (χ1v) is 5.56. The number of nitrogens with one attached hydrogen (secondary N) is 1. The molecule has 1 N–H and O–H groups in total. The van der Waals surface area contributed by atoms with Crippen molar-refractivity contribution in [2.24, 2.45) is 7.05 Å². The molecule has 1 fully saturated rings. The van der Waals surface area contributed by atoms with Crippen LogP contribution in [0.1, 0.15) is 12.1 Å². The van der Waals surface area contributed by atoms with E-state index in [1.807, 2.05) is 19.3 Å². The summed E-state index contributed by atoms with van der Waals surface area (Å²) in [5.41, 5.74) is 0.830. The van der Waals surface area contributed by atoms with Crippen LogP contribution in [0.3, 0.4) is 0 Å². The maximum Gasteiger partial charge on any atom is 0.141 e. The first-order valence-electron chi connectivity index (χ1n) is 5.56. The SMILES string of the molecule is Cn1ccc(CC(=O)CC2CNCCO2)n1. The van der Waals surface area contributed by atoms with Gasteiger partial charge in [0, 0.05) is 32.8 Å². The monoisotopic (exact) mass is 223 g/mol. The Morgan fingerprint density at radius 2 is 2.62 bits per heavy atom. The lowest BCUT2D eigenvalue weighted by Crippen LogP contribution is -2.39. The van der Waals surface area contributed by atoms with Crippen LogP contribution in [0.4, 0.5) is 0 Å². The summed E-state index contributed by atoms with van der Waals surface area (Å²) in [6.07, 6.45) is 2.76. The molecule has 0 aliphatic carbocycles. The second-order valence-corrected chi connectivity index (χ2v) is 4.10. The highest BCUT2D eigenvalue weighted by molar-refractivity contribution is 5.80. The van der Waals surface area contributed by atoms with Gasteiger partial charge in [0.25, 0.3) is 0 Å². The average molecular weight is 223 g/mol. The lowest BCUT2D eigenvalue weighted by Gasteiger charge is -2.22. The van der Waals surface area contributed by atoms with Crippen molar-refractivity contribution < 1.29 is 9.53 Å². The Morgan fingerprint density at radius 1 is 1.75 bits per heavy atom. The van der Waals surface area contributed by atoms with Crippen molar-refractivity contribution in [3.63, 3.8) is 0 Å². The summed E-state index contributed by atoms with van der Waals surface area (Å²) in [6.45, 7) is 2.35. The van der Waals surface area contributed by atoms with Gasteiger partial charge in [-0.15, -0.1) is 0 Å². The highest BCUT2D eigenvalue weighted by Gasteiger charge is 2.17. The molecule has 0 radical (unpaired) electrons. The van der Waals surface area contributed by atoms with Gasteiger partial charge in [-0.25, -0.2) is 0 Å². The van der Waals surface area contributed by atoms with Gasteiger partial charge in [0.15, 0.2) is 0 Å². The molecular formula is C11H17N3O2. The van der Waals surface area contributed by atoms with E-state index < -0.39 is 0 Å². The largest absolute Gasteiger partial charge is 0.375 e. The molecule has 1 atom stereocenters. The molecule has 0 bridgehead atoms. The van der Waals surface area contributed by atoms with E-state index in [0.29, 0.717) is 19.4 Å². The van der Waals surface area contributed by atoms with Gasteiger partial charge in [-0.3, -0.25) is 9.48 Å². The summed E-state index contributed by atoms with van der Waals surface area (Å²) in [4.78, 5) is 11.7. The molecule has 5 nitrogen and oxygen atoms in total. The predicted molar refractivity (Wildman–Crippen MR) is 59.1 cm³/mol. The number of hydrogen-bond donors (Lipinski definition) is 1. The molecule has 1 unspecified atom stereocenters. The Bertz CT molecular complexity index is 356. The molecule has 1 aliphatic heterocycles. The second kappa shape index (κ2) is 5.23. The van der Waals surface area contributed by atoms with E-state index in [9.17, 15) is 4.79 Å². The van der Waals surface area contributed by atoms with Gasteiger partial charge < -0.3 is 10.1 Å². The number of Topliss-reactive ketones (excluding diaryl/α,β-unsaturated/α-hetero) is 1. The molecular weight excluding hydrogens is 206 g/mol. The Kier molecular flexibility index (Phi) is 3.69. The van der Waals surface area contributed by atoms with Gasteiger partial charge in [-0.05, 0) is 6.07 Å². The number of ether oxygens (including phenoxy) is 1. The molecule has 1 saturated heterocycles. The van der Waals surface area contributed by atoms with Crippen molar-refractivity contribution >= 4 is 5.78 Å². The van der Waals surface area contributed by atoms with Crippen LogP contribution in [0.5, 0.6) is 0 Å². The lowest BCUT2D eigenvalue weighted by molar-refractivity contribution is -0.121. The summed E-state index contributed by atoms with van der Waals surface area (Å²) in [7, 11) is 1.85. The highest BCUT2D eigenvalue weighted by Crippen LogP contribution is 2.05. The molecule has 2 heterocycles. The first kappa shape index (κ1) is 11.3. The van der Waals surface area contributed by atoms with E-state index in [2.05, 4.69) is 10.4 Å². The van der Waals surface area contributed by atoms with Gasteiger partial charge in [0.05, 0.1) is 24.8 Å². The minimum atomic E-state index is 0.0324. The molecule has 1 aliphatic rings. The van der Waals surface area contributed by atoms with E-state index in [4.69, 9.17) is 4.74 Å². The second-order valence-electron chi connectivity index (χ2n) is 4.10. The van der Waals surface area contributed by atoms with Crippen LogP contribution in [0.15, 0.2) is 12.3 Å². The summed E-state index contributed by atoms with van der Waals surface area (Å²) in [5.74, 6) is 0.187. The van der Waals surface area contributed by atoms with Crippen molar-refractivity contribution in [1.29, 1.82) is 0 Å². The summed E-state index contributed by atoms with van der Waals surface area (Å²) in [6, 6.07) is 1.87. The molecule has 0 spiro atoms. The Labute approximate surface area is 94.8 Å². The highest BCUT2D eigenvalue weighted by atomic mass is 16.5. The molecule has 5 heteroatoms. The number of carbonyl (C=O) groups excluding carboxylic acids is 1. The van der Waals surface area contributed by atoms with Crippen LogP contribution in [0.25, 0.3) is 0 Å². The van der Waals surface area contributed by atoms with Gasteiger partial charge in [-0.2, -0.15) is 5.10 Å². The fourth-order valence-electron chi connectivity index (χ4n) is 1.84. The fourth-order valence-corrected chi connectivity index (χ4v) is 1.84. The molecule has 88 valence electrons. The quantitative estimate of drug-likeness (QED) is 0.775. The van der Waals surface area contributed by atoms with Gasteiger partial charge in [0.2, 0.25) is 0 Å². The smallest absolute Gasteiger partial charge is 0.141 e. The standard InChI is InChI=1S/C11H17N3O2/c1-14-4-2-9(13-14)6-10(15)7-11-8-12-3-5-16-11/h2,4,11-12H,3,5-8H2,1H3. The average Bonchev–Trinajstić information content (AvgIpc) is 2.65. The van der Waals surface area contributed by atoms with Crippen molar-refractivity contribution in [3.8, 4) is 0 Å². The molecule has 1 aromatic heterocycles. The lowest BCUT2D eigenvalue weighted by atomic mass is 10.1. The number of carbonyl (C=O) groups is 1. The van der Waals surface area contributed by atoms with E-state index in [1.54, 1.807) is 4.68 Å². The van der Waals surface area contributed by atoms with Gasteiger partial charge >= 0.3 is 0 Å². The van der Waals surface area contributed by atoms with Crippen molar-refractivity contribution in [1.82, 2.24) is 15.1 Å². The van der Waals surface area contributed by atoms with Crippen LogP contribution in [-0.4, -0.2) is 41.4 Å². The zero-order valence-corrected chi connectivity index (χ0v) is 9.48. The van der Waals surface area contributed by atoms with Crippen molar-refractivity contribution in [2.75, 3.05) is 19.7 Å². The van der Waals surface area contributed by atoms with Crippen LogP contribution in [-0.2, 0) is 23.0 Å². The molecule has 0 saturated carbocycles. The molecule has 2 rings (SSSR count). The predicted octanol–water partition coefficient (Wildman–Crippen LogP) is -0.0898. The fraction of sp³-hybridized carbons (Fsp3) is 0.636. The van der Waals surface area contributed by atoms with Crippen molar-refractivity contribution in [3.05, 3.63) is 18.0 Å². The van der Waals surface area contributed by atoms with Crippen LogP contribution in [0.2, 0.25) is 0 Å². The third-order valence-corrected chi connectivity index (χ3v) is 2.61. The van der Waals surface area contributed by atoms with Gasteiger partial charge in [0.1, 0.15) is 5.78 Å². The molecule has 0 aromatic carbocycles. The van der Waals surface area contributed by atoms with E-state index in [0.717, 1.165) is 18.8 Å². The normalized spacial score (nSPS) is 20.9. The summed E-state index contributed by atoms with van der Waals surface area (Å²) < 4.78 is 7.19. The zero-order valence-electron chi connectivity index (χ0n) is 9.48. The Morgan fingerprint density at radius 3 is 3.25 bits per heavy atom. The number of morpholine rings is 1.